The van der Waals surface area contributed by atoms with Crippen LogP contribution in [-0.2, 0) is 6.54 Å². The molecule has 124 valence electrons. The molecule has 5 heteroatoms. The quantitative estimate of drug-likeness (QED) is 0.941. The second-order valence-corrected chi connectivity index (χ2v) is 6.51. The van der Waals surface area contributed by atoms with Gasteiger partial charge in [-0.2, -0.15) is 0 Å². The standard InChI is InChI=1S/C19H22N4O/c24-19(21-13-15-8-9-15)23-12-11-22(14-16-5-3-4-10-20-16)17-6-1-2-7-18(17)23/h1-7,10,15H,8-9,11-14H2,(H,21,24). The summed E-state index contributed by atoms with van der Waals surface area (Å²) >= 11 is 0. The Morgan fingerprint density at radius 1 is 1.08 bits per heavy atom. The van der Waals surface area contributed by atoms with Gasteiger partial charge in [-0.25, -0.2) is 4.79 Å². The highest BCUT2D eigenvalue weighted by atomic mass is 16.2. The van der Waals surface area contributed by atoms with Crippen molar-refractivity contribution in [2.45, 2.75) is 19.4 Å². The smallest absolute Gasteiger partial charge is 0.322 e. The summed E-state index contributed by atoms with van der Waals surface area (Å²) in [4.78, 5) is 21.1. The van der Waals surface area contributed by atoms with Crippen molar-refractivity contribution in [3.05, 3.63) is 54.4 Å². The number of hydrogen-bond acceptors (Lipinski definition) is 3. The molecule has 1 aliphatic carbocycles. The van der Waals surface area contributed by atoms with Gasteiger partial charge < -0.3 is 10.2 Å². The second-order valence-electron chi connectivity index (χ2n) is 6.51. The Morgan fingerprint density at radius 3 is 2.62 bits per heavy atom. The molecule has 0 radical (unpaired) electrons. The summed E-state index contributed by atoms with van der Waals surface area (Å²) < 4.78 is 0. The number of urea groups is 1. The van der Waals surface area contributed by atoms with Crippen LogP contribution in [0.25, 0.3) is 0 Å². The molecule has 24 heavy (non-hydrogen) atoms. The highest BCUT2D eigenvalue weighted by Crippen LogP contribution is 2.34. The second kappa shape index (κ2) is 6.51. The van der Waals surface area contributed by atoms with Gasteiger partial charge in [-0.3, -0.25) is 9.88 Å². The maximum atomic E-state index is 12.5. The summed E-state index contributed by atoms with van der Waals surface area (Å²) in [6.45, 7) is 3.06. The predicted molar refractivity (Wildman–Crippen MR) is 95.2 cm³/mol. The van der Waals surface area contributed by atoms with Gasteiger partial charge in [0, 0.05) is 25.8 Å². The molecule has 1 N–H and O–H groups in total. The Kier molecular flexibility index (Phi) is 4.07. The average Bonchev–Trinajstić information content (AvgIpc) is 3.45. The number of rotatable bonds is 4. The summed E-state index contributed by atoms with van der Waals surface area (Å²) in [6, 6.07) is 14.1. The number of benzene rings is 1. The monoisotopic (exact) mass is 322 g/mol. The van der Waals surface area contributed by atoms with Gasteiger partial charge in [0.15, 0.2) is 0 Å². The first kappa shape index (κ1) is 15.0. The number of nitrogens with one attached hydrogen (secondary N) is 1. The number of pyridine rings is 1. The Morgan fingerprint density at radius 2 is 1.88 bits per heavy atom. The van der Waals surface area contributed by atoms with E-state index in [1.165, 1.54) is 12.8 Å². The summed E-state index contributed by atoms with van der Waals surface area (Å²) in [5, 5.41) is 3.08. The van der Waals surface area contributed by atoms with Crippen LogP contribution in [0.2, 0.25) is 0 Å². The van der Waals surface area contributed by atoms with Crippen LogP contribution in [0.1, 0.15) is 18.5 Å². The minimum Gasteiger partial charge on any atom is -0.362 e. The first-order valence-corrected chi connectivity index (χ1v) is 8.60. The van der Waals surface area contributed by atoms with Crippen LogP contribution in [0.4, 0.5) is 16.2 Å². The molecule has 1 aliphatic heterocycles. The van der Waals surface area contributed by atoms with Gasteiger partial charge in [-0.1, -0.05) is 18.2 Å². The van der Waals surface area contributed by atoms with E-state index < -0.39 is 0 Å². The fourth-order valence-electron chi connectivity index (χ4n) is 3.13. The van der Waals surface area contributed by atoms with Gasteiger partial charge in [0.1, 0.15) is 0 Å². The van der Waals surface area contributed by atoms with Crippen LogP contribution in [-0.4, -0.2) is 30.6 Å². The van der Waals surface area contributed by atoms with Gasteiger partial charge >= 0.3 is 6.03 Å². The van der Waals surface area contributed by atoms with E-state index in [9.17, 15) is 4.79 Å². The molecular formula is C19H22N4O. The first-order chi connectivity index (χ1) is 11.8. The van der Waals surface area contributed by atoms with Crippen molar-refractivity contribution in [3.8, 4) is 0 Å². The van der Waals surface area contributed by atoms with E-state index in [4.69, 9.17) is 0 Å². The van der Waals surface area contributed by atoms with Crippen LogP contribution < -0.4 is 15.1 Å². The van der Waals surface area contributed by atoms with Crippen molar-refractivity contribution in [3.63, 3.8) is 0 Å². The zero-order valence-electron chi connectivity index (χ0n) is 13.7. The molecule has 1 saturated carbocycles. The Balaban J connectivity index is 1.52. The normalized spacial score (nSPS) is 16.7. The predicted octanol–water partition coefficient (Wildman–Crippen LogP) is 3.03. The van der Waals surface area contributed by atoms with E-state index in [0.717, 1.165) is 36.7 Å². The van der Waals surface area contributed by atoms with Crippen molar-refractivity contribution in [2.24, 2.45) is 5.92 Å². The lowest BCUT2D eigenvalue weighted by atomic mass is 10.1. The third kappa shape index (κ3) is 3.20. The molecule has 1 aromatic carbocycles. The molecular weight excluding hydrogens is 300 g/mol. The van der Waals surface area contributed by atoms with E-state index in [1.807, 2.05) is 47.5 Å². The third-order valence-electron chi connectivity index (χ3n) is 4.67. The lowest BCUT2D eigenvalue weighted by molar-refractivity contribution is 0.245. The maximum absolute atomic E-state index is 12.5. The zero-order valence-corrected chi connectivity index (χ0v) is 13.7. The molecule has 1 fully saturated rings. The molecule has 2 amide bonds. The van der Waals surface area contributed by atoms with Crippen LogP contribution >= 0.6 is 0 Å². The number of hydrogen-bond donors (Lipinski definition) is 1. The lowest BCUT2D eigenvalue weighted by Crippen LogP contribution is -2.48. The number of carbonyl (C=O) groups excluding carboxylic acids is 1. The third-order valence-corrected chi connectivity index (χ3v) is 4.67. The van der Waals surface area contributed by atoms with E-state index >= 15 is 0 Å². The topological polar surface area (TPSA) is 48.5 Å². The SMILES string of the molecule is O=C(NCC1CC1)N1CCN(Cc2ccccn2)c2ccccc21. The summed E-state index contributed by atoms with van der Waals surface area (Å²) in [5.41, 5.74) is 3.11. The minimum atomic E-state index is 0.0202. The van der Waals surface area contributed by atoms with Crippen molar-refractivity contribution >= 4 is 17.4 Å². The minimum absolute atomic E-state index is 0.0202. The molecule has 2 heterocycles. The van der Waals surface area contributed by atoms with E-state index in [1.54, 1.807) is 0 Å². The summed E-state index contributed by atoms with van der Waals surface area (Å²) in [6.07, 6.45) is 4.31. The van der Waals surface area contributed by atoms with Crippen molar-refractivity contribution < 1.29 is 4.79 Å². The molecule has 0 spiro atoms. The Labute approximate surface area is 142 Å². The largest absolute Gasteiger partial charge is 0.362 e. The molecule has 4 rings (SSSR count). The number of aromatic nitrogens is 1. The molecule has 0 atom stereocenters. The molecule has 5 nitrogen and oxygen atoms in total. The van der Waals surface area contributed by atoms with Gasteiger partial charge in [-0.05, 0) is 43.0 Å². The number of anilines is 2. The fraction of sp³-hybridized carbons (Fsp3) is 0.368. The Bertz CT molecular complexity index is 714. The van der Waals surface area contributed by atoms with Crippen molar-refractivity contribution in [2.75, 3.05) is 29.4 Å². The average molecular weight is 322 g/mol. The summed E-state index contributed by atoms with van der Waals surface area (Å²) in [7, 11) is 0. The van der Waals surface area contributed by atoms with Gasteiger partial charge in [0.25, 0.3) is 0 Å². The van der Waals surface area contributed by atoms with E-state index in [0.29, 0.717) is 12.5 Å². The molecule has 0 bridgehead atoms. The molecule has 0 unspecified atom stereocenters. The highest BCUT2D eigenvalue weighted by Gasteiger charge is 2.28. The lowest BCUT2D eigenvalue weighted by Gasteiger charge is -2.37. The number of para-hydroxylation sites is 2. The number of carbonyl (C=O) groups is 1. The van der Waals surface area contributed by atoms with Gasteiger partial charge in [0.05, 0.1) is 23.6 Å². The summed E-state index contributed by atoms with van der Waals surface area (Å²) in [5.74, 6) is 0.689. The van der Waals surface area contributed by atoms with Crippen LogP contribution in [0, 0.1) is 5.92 Å². The number of nitrogens with zero attached hydrogens (tertiary/aromatic N) is 3. The van der Waals surface area contributed by atoms with Crippen molar-refractivity contribution in [1.82, 2.24) is 10.3 Å². The fourth-order valence-corrected chi connectivity index (χ4v) is 3.13. The molecule has 2 aromatic rings. The highest BCUT2D eigenvalue weighted by molar-refractivity contribution is 5.96. The molecule has 2 aliphatic rings. The van der Waals surface area contributed by atoms with Gasteiger partial charge in [-0.15, -0.1) is 0 Å². The van der Waals surface area contributed by atoms with Crippen LogP contribution in [0.5, 0.6) is 0 Å². The molecule has 1 aromatic heterocycles. The zero-order chi connectivity index (χ0) is 16.4. The number of amides is 2. The van der Waals surface area contributed by atoms with Crippen LogP contribution in [0.15, 0.2) is 48.7 Å². The number of fused-ring (bicyclic) bond motifs is 1. The molecule has 0 saturated heterocycles. The van der Waals surface area contributed by atoms with Gasteiger partial charge in [0.2, 0.25) is 0 Å². The van der Waals surface area contributed by atoms with E-state index in [2.05, 4.69) is 21.3 Å². The van der Waals surface area contributed by atoms with Crippen molar-refractivity contribution in [1.29, 1.82) is 0 Å². The van der Waals surface area contributed by atoms with Crippen LogP contribution in [0.3, 0.4) is 0 Å². The Hall–Kier alpha value is -2.56. The maximum Gasteiger partial charge on any atom is 0.322 e. The van der Waals surface area contributed by atoms with E-state index in [-0.39, 0.29) is 6.03 Å². The first-order valence-electron chi connectivity index (χ1n) is 8.60.